The van der Waals surface area contributed by atoms with Crippen LogP contribution in [0.3, 0.4) is 0 Å². The summed E-state index contributed by atoms with van der Waals surface area (Å²) in [5.74, 6) is -1.78. The van der Waals surface area contributed by atoms with Crippen molar-refractivity contribution in [3.05, 3.63) is 35.6 Å². The molecule has 3 atom stereocenters. The van der Waals surface area contributed by atoms with Crippen LogP contribution >= 0.6 is 0 Å². The molecule has 1 aliphatic carbocycles. The SMILES string of the molecule is CC1CCCCC1OCC(=O)NC(C)(C(=O)O)c1ccc(F)cc1. The molecule has 5 nitrogen and oxygen atoms in total. The Bertz CT molecular complexity index is 589. The van der Waals surface area contributed by atoms with Gasteiger partial charge in [0.05, 0.1) is 6.10 Å². The fourth-order valence-electron chi connectivity index (χ4n) is 3.06. The van der Waals surface area contributed by atoms with Crippen LogP contribution in [0.1, 0.15) is 45.1 Å². The first-order chi connectivity index (χ1) is 11.3. The Hall–Kier alpha value is -1.95. The molecule has 2 rings (SSSR count). The molecule has 1 amide bonds. The van der Waals surface area contributed by atoms with Crippen molar-refractivity contribution in [1.82, 2.24) is 5.32 Å². The summed E-state index contributed by atoms with van der Waals surface area (Å²) in [5, 5.41) is 12.0. The average Bonchev–Trinajstić information content (AvgIpc) is 2.54. The van der Waals surface area contributed by atoms with Gasteiger partial charge in [0.2, 0.25) is 5.91 Å². The second kappa shape index (κ2) is 7.75. The number of hydrogen-bond donors (Lipinski definition) is 2. The summed E-state index contributed by atoms with van der Waals surface area (Å²) in [5.41, 5.74) is -1.33. The van der Waals surface area contributed by atoms with Gasteiger partial charge in [-0.1, -0.05) is 31.9 Å². The van der Waals surface area contributed by atoms with Crippen molar-refractivity contribution in [3.63, 3.8) is 0 Å². The standard InChI is InChI=1S/C18H24FNO4/c1-12-5-3-4-6-15(12)24-11-16(21)20-18(2,17(22)23)13-7-9-14(19)10-8-13/h7-10,12,15H,3-6,11H2,1-2H3,(H,20,21)(H,22,23). The first-order valence-electron chi connectivity index (χ1n) is 8.25. The third-order valence-corrected chi connectivity index (χ3v) is 4.70. The third kappa shape index (κ3) is 4.32. The van der Waals surface area contributed by atoms with Crippen LogP contribution in [-0.4, -0.2) is 29.7 Å². The second-order valence-electron chi connectivity index (χ2n) is 6.60. The van der Waals surface area contributed by atoms with E-state index in [2.05, 4.69) is 12.2 Å². The van der Waals surface area contributed by atoms with Crippen molar-refractivity contribution in [2.24, 2.45) is 5.92 Å². The van der Waals surface area contributed by atoms with Crippen molar-refractivity contribution in [2.45, 2.75) is 51.2 Å². The van der Waals surface area contributed by atoms with Crippen LogP contribution in [0.25, 0.3) is 0 Å². The number of carbonyl (C=O) groups is 2. The molecule has 1 aromatic carbocycles. The zero-order valence-electron chi connectivity index (χ0n) is 14.0. The molecule has 0 bridgehead atoms. The van der Waals surface area contributed by atoms with Gasteiger partial charge in [0.1, 0.15) is 12.4 Å². The van der Waals surface area contributed by atoms with Crippen molar-refractivity contribution in [3.8, 4) is 0 Å². The number of ether oxygens (including phenoxy) is 1. The van der Waals surface area contributed by atoms with Gasteiger partial charge < -0.3 is 15.2 Å². The van der Waals surface area contributed by atoms with Gasteiger partial charge in [-0.15, -0.1) is 0 Å². The number of nitrogens with one attached hydrogen (secondary N) is 1. The normalized spacial score (nSPS) is 23.3. The number of carbonyl (C=O) groups excluding carboxylic acids is 1. The first-order valence-corrected chi connectivity index (χ1v) is 8.25. The molecule has 1 aromatic rings. The number of halogens is 1. The second-order valence-corrected chi connectivity index (χ2v) is 6.60. The third-order valence-electron chi connectivity index (χ3n) is 4.70. The van der Waals surface area contributed by atoms with Crippen molar-refractivity contribution in [1.29, 1.82) is 0 Å². The van der Waals surface area contributed by atoms with E-state index >= 15 is 0 Å². The van der Waals surface area contributed by atoms with Gasteiger partial charge in [0.15, 0.2) is 5.54 Å². The van der Waals surface area contributed by atoms with Crippen LogP contribution in [0.5, 0.6) is 0 Å². The first kappa shape index (κ1) is 18.4. The highest BCUT2D eigenvalue weighted by Gasteiger charge is 2.37. The zero-order valence-corrected chi connectivity index (χ0v) is 14.0. The summed E-state index contributed by atoms with van der Waals surface area (Å²) in [7, 11) is 0. The Morgan fingerprint density at radius 2 is 1.92 bits per heavy atom. The fourth-order valence-corrected chi connectivity index (χ4v) is 3.06. The molecule has 0 radical (unpaired) electrons. The smallest absolute Gasteiger partial charge is 0.333 e. The van der Waals surface area contributed by atoms with Crippen LogP contribution < -0.4 is 5.32 Å². The van der Waals surface area contributed by atoms with Gasteiger partial charge in [0, 0.05) is 0 Å². The Morgan fingerprint density at radius 3 is 2.50 bits per heavy atom. The lowest BCUT2D eigenvalue weighted by atomic mass is 9.88. The monoisotopic (exact) mass is 337 g/mol. The predicted molar refractivity (Wildman–Crippen MR) is 86.9 cm³/mol. The maximum absolute atomic E-state index is 13.0. The number of benzene rings is 1. The van der Waals surface area contributed by atoms with Gasteiger partial charge in [0.25, 0.3) is 0 Å². The summed E-state index contributed by atoms with van der Waals surface area (Å²) in [6, 6.07) is 5.05. The highest BCUT2D eigenvalue weighted by molar-refractivity contribution is 5.88. The van der Waals surface area contributed by atoms with Crippen LogP contribution in [0, 0.1) is 11.7 Å². The van der Waals surface area contributed by atoms with Gasteiger partial charge >= 0.3 is 5.97 Å². The lowest BCUT2D eigenvalue weighted by molar-refractivity contribution is -0.148. The van der Waals surface area contributed by atoms with Crippen molar-refractivity contribution in [2.75, 3.05) is 6.61 Å². The number of hydrogen-bond acceptors (Lipinski definition) is 3. The van der Waals surface area contributed by atoms with E-state index in [1.165, 1.54) is 37.6 Å². The predicted octanol–water partition coefficient (Wildman–Crippen LogP) is 2.84. The molecule has 0 aliphatic heterocycles. The highest BCUT2D eigenvalue weighted by atomic mass is 19.1. The van der Waals surface area contributed by atoms with Crippen LogP contribution in [0.2, 0.25) is 0 Å². The maximum Gasteiger partial charge on any atom is 0.333 e. The topological polar surface area (TPSA) is 75.6 Å². The summed E-state index contributed by atoms with van der Waals surface area (Å²) >= 11 is 0. The van der Waals surface area contributed by atoms with E-state index in [1.54, 1.807) is 0 Å². The molecule has 2 N–H and O–H groups in total. The van der Waals surface area contributed by atoms with E-state index in [9.17, 15) is 19.1 Å². The summed E-state index contributed by atoms with van der Waals surface area (Å²) in [6.45, 7) is 3.30. The average molecular weight is 337 g/mol. The molecule has 132 valence electrons. The minimum atomic E-state index is -1.63. The number of carboxylic acids is 1. The van der Waals surface area contributed by atoms with Crippen LogP contribution in [0.4, 0.5) is 4.39 Å². The molecular weight excluding hydrogens is 313 g/mol. The van der Waals surface area contributed by atoms with E-state index in [-0.39, 0.29) is 12.7 Å². The highest BCUT2D eigenvalue weighted by Crippen LogP contribution is 2.26. The molecule has 1 aliphatic rings. The Kier molecular flexibility index (Phi) is 5.94. The van der Waals surface area contributed by atoms with Gasteiger partial charge in [-0.25, -0.2) is 9.18 Å². The fraction of sp³-hybridized carbons (Fsp3) is 0.556. The van der Waals surface area contributed by atoms with E-state index in [0.29, 0.717) is 11.5 Å². The Labute approximate surface area is 141 Å². The summed E-state index contributed by atoms with van der Waals surface area (Å²) < 4.78 is 18.7. The van der Waals surface area contributed by atoms with Crippen LogP contribution in [0.15, 0.2) is 24.3 Å². The molecular formula is C18H24FNO4. The summed E-state index contributed by atoms with van der Waals surface area (Å²) in [6.07, 6.45) is 4.29. The zero-order chi connectivity index (χ0) is 17.7. The van der Waals surface area contributed by atoms with E-state index < -0.39 is 23.2 Å². The minimum Gasteiger partial charge on any atom is -0.479 e. The Balaban J connectivity index is 2.00. The molecule has 3 unspecified atom stereocenters. The number of rotatable bonds is 6. The van der Waals surface area contributed by atoms with E-state index in [0.717, 1.165) is 19.3 Å². The number of aliphatic carboxylic acids is 1. The number of amides is 1. The van der Waals surface area contributed by atoms with Crippen molar-refractivity contribution >= 4 is 11.9 Å². The maximum atomic E-state index is 13.0. The van der Waals surface area contributed by atoms with Crippen molar-refractivity contribution < 1.29 is 23.8 Å². The van der Waals surface area contributed by atoms with Gasteiger partial charge in [-0.2, -0.15) is 0 Å². The molecule has 0 spiro atoms. The van der Waals surface area contributed by atoms with Gasteiger partial charge in [-0.3, -0.25) is 4.79 Å². The molecule has 1 saturated carbocycles. The van der Waals surface area contributed by atoms with E-state index in [4.69, 9.17) is 4.74 Å². The molecule has 0 saturated heterocycles. The lowest BCUT2D eigenvalue weighted by Crippen LogP contribution is -2.51. The largest absolute Gasteiger partial charge is 0.479 e. The molecule has 6 heteroatoms. The van der Waals surface area contributed by atoms with E-state index in [1.807, 2.05) is 0 Å². The molecule has 24 heavy (non-hydrogen) atoms. The number of carboxylic acid groups (broad SMARTS) is 1. The molecule has 0 heterocycles. The molecule has 0 aromatic heterocycles. The lowest BCUT2D eigenvalue weighted by Gasteiger charge is -2.30. The quantitative estimate of drug-likeness (QED) is 0.837. The van der Waals surface area contributed by atoms with Gasteiger partial charge in [-0.05, 0) is 43.4 Å². The summed E-state index contributed by atoms with van der Waals surface area (Å²) in [4.78, 5) is 23.8. The van der Waals surface area contributed by atoms with Crippen LogP contribution in [-0.2, 0) is 19.9 Å². The Morgan fingerprint density at radius 1 is 1.29 bits per heavy atom. The molecule has 1 fully saturated rings. The minimum absolute atomic E-state index is 0.0337.